The molecule has 28 heavy (non-hydrogen) atoms. The first-order valence-electron chi connectivity index (χ1n) is 9.46. The molecule has 0 spiro atoms. The largest absolute Gasteiger partial charge is 0.352 e. The van der Waals surface area contributed by atoms with Crippen LogP contribution in [0.15, 0.2) is 76.3 Å². The van der Waals surface area contributed by atoms with E-state index in [9.17, 15) is 4.79 Å². The Morgan fingerprint density at radius 2 is 1.82 bits per heavy atom. The van der Waals surface area contributed by atoms with Gasteiger partial charge in [0.15, 0.2) is 0 Å². The predicted molar refractivity (Wildman–Crippen MR) is 120 cm³/mol. The number of nitrogens with one attached hydrogen (secondary N) is 1. The van der Waals surface area contributed by atoms with Gasteiger partial charge in [0.25, 0.3) is 5.91 Å². The Morgan fingerprint density at radius 3 is 2.61 bits per heavy atom. The van der Waals surface area contributed by atoms with Crippen LogP contribution >= 0.6 is 23.1 Å². The van der Waals surface area contributed by atoms with Crippen molar-refractivity contribution in [2.24, 2.45) is 0 Å². The Labute approximate surface area is 175 Å². The first-order valence-corrected chi connectivity index (χ1v) is 11.4. The van der Waals surface area contributed by atoms with Crippen molar-refractivity contribution in [1.29, 1.82) is 0 Å². The fraction of sp³-hybridized carbons (Fsp3) is 0.261. The molecular formula is C23H26N2OS2. The molecular weight excluding hydrogens is 384 g/mol. The van der Waals surface area contributed by atoms with E-state index in [2.05, 4.69) is 58.4 Å². The molecule has 0 aliphatic rings. The van der Waals surface area contributed by atoms with Gasteiger partial charge >= 0.3 is 0 Å². The summed E-state index contributed by atoms with van der Waals surface area (Å²) in [6.07, 6.45) is 0.930. The second-order valence-corrected chi connectivity index (χ2v) is 8.55. The molecule has 0 aliphatic carbocycles. The lowest BCUT2D eigenvalue weighted by molar-refractivity contribution is 0.0949. The monoisotopic (exact) mass is 410 g/mol. The summed E-state index contributed by atoms with van der Waals surface area (Å²) in [4.78, 5) is 15.9. The van der Waals surface area contributed by atoms with Gasteiger partial charge < -0.3 is 10.2 Å². The molecule has 0 unspecified atom stereocenters. The summed E-state index contributed by atoms with van der Waals surface area (Å²) in [5.41, 5.74) is 3.37. The maximum absolute atomic E-state index is 12.6. The molecule has 2 aromatic carbocycles. The summed E-state index contributed by atoms with van der Waals surface area (Å²) in [7, 11) is 2.12. The summed E-state index contributed by atoms with van der Waals surface area (Å²) < 4.78 is 0. The molecule has 0 radical (unpaired) electrons. The molecule has 0 aliphatic heterocycles. The van der Waals surface area contributed by atoms with Crippen molar-refractivity contribution in [2.45, 2.75) is 23.6 Å². The molecule has 1 heterocycles. The molecule has 0 bridgehead atoms. The van der Waals surface area contributed by atoms with Crippen molar-refractivity contribution in [1.82, 2.24) is 10.2 Å². The molecule has 3 rings (SSSR count). The lowest BCUT2D eigenvalue weighted by atomic mass is 10.2. The molecule has 5 heteroatoms. The molecule has 0 saturated heterocycles. The number of hydrogen-bond donors (Lipinski definition) is 1. The quantitative estimate of drug-likeness (QED) is 0.364. The maximum atomic E-state index is 12.6. The highest BCUT2D eigenvalue weighted by Gasteiger charge is 2.11. The number of rotatable bonds is 10. The minimum atomic E-state index is 0.0131. The second-order valence-electron chi connectivity index (χ2n) is 6.75. The van der Waals surface area contributed by atoms with Crippen molar-refractivity contribution in [3.05, 3.63) is 88.1 Å². The number of carbonyl (C=O) groups excluding carboxylic acids is 1. The van der Waals surface area contributed by atoms with Gasteiger partial charge in [-0.05, 0) is 60.1 Å². The van der Waals surface area contributed by atoms with Crippen LogP contribution in [0.4, 0.5) is 0 Å². The highest BCUT2D eigenvalue weighted by atomic mass is 32.2. The number of carbonyl (C=O) groups is 1. The van der Waals surface area contributed by atoms with Gasteiger partial charge in [-0.15, -0.1) is 11.8 Å². The van der Waals surface area contributed by atoms with Gasteiger partial charge in [-0.1, -0.05) is 42.5 Å². The maximum Gasteiger partial charge on any atom is 0.252 e. The van der Waals surface area contributed by atoms with Gasteiger partial charge in [0, 0.05) is 23.7 Å². The van der Waals surface area contributed by atoms with Crippen molar-refractivity contribution in [2.75, 3.05) is 20.1 Å². The highest BCUT2D eigenvalue weighted by molar-refractivity contribution is 7.98. The van der Waals surface area contributed by atoms with Crippen LogP contribution in [0.3, 0.4) is 0 Å². The Morgan fingerprint density at radius 1 is 1.04 bits per heavy atom. The van der Waals surface area contributed by atoms with Gasteiger partial charge in [0.1, 0.15) is 0 Å². The van der Waals surface area contributed by atoms with Crippen molar-refractivity contribution in [3.63, 3.8) is 0 Å². The van der Waals surface area contributed by atoms with Crippen molar-refractivity contribution < 1.29 is 4.79 Å². The average molecular weight is 411 g/mol. The zero-order valence-electron chi connectivity index (χ0n) is 16.1. The van der Waals surface area contributed by atoms with Crippen LogP contribution in [-0.4, -0.2) is 30.9 Å². The number of thioether (sulfide) groups is 1. The van der Waals surface area contributed by atoms with E-state index in [1.54, 1.807) is 23.1 Å². The lowest BCUT2D eigenvalue weighted by Crippen LogP contribution is -2.28. The van der Waals surface area contributed by atoms with Gasteiger partial charge in [-0.2, -0.15) is 11.3 Å². The molecule has 1 aromatic heterocycles. The zero-order valence-corrected chi connectivity index (χ0v) is 17.8. The second kappa shape index (κ2) is 11.1. The molecule has 0 saturated carbocycles. The van der Waals surface area contributed by atoms with E-state index in [4.69, 9.17) is 0 Å². The summed E-state index contributed by atoms with van der Waals surface area (Å²) in [6.45, 7) is 2.56. The number of nitrogens with zero attached hydrogens (tertiary/aromatic N) is 1. The molecule has 1 N–H and O–H groups in total. The molecule has 0 fully saturated rings. The molecule has 146 valence electrons. The number of benzene rings is 2. The van der Waals surface area contributed by atoms with E-state index in [0.717, 1.165) is 35.7 Å². The number of hydrogen-bond acceptors (Lipinski definition) is 4. The Bertz CT molecular complexity index is 850. The fourth-order valence-corrected chi connectivity index (χ4v) is 4.70. The van der Waals surface area contributed by atoms with E-state index < -0.39 is 0 Å². The van der Waals surface area contributed by atoms with Crippen LogP contribution in [0.25, 0.3) is 0 Å². The standard InChI is InChI=1S/C23H26N2OS2/c1-25(16-19-8-3-2-4-9-19)14-7-13-24-23(26)21-10-5-6-11-22(21)28-18-20-12-15-27-17-20/h2-6,8-12,15,17H,7,13-14,16,18H2,1H3,(H,24,26). The van der Waals surface area contributed by atoms with Crippen LogP contribution in [0.2, 0.25) is 0 Å². The molecule has 3 aromatic rings. The van der Waals surface area contributed by atoms with Crippen molar-refractivity contribution in [3.8, 4) is 0 Å². The SMILES string of the molecule is CN(CCCNC(=O)c1ccccc1SCc1ccsc1)Cc1ccccc1. The van der Waals surface area contributed by atoms with Gasteiger partial charge in [-0.3, -0.25) is 4.79 Å². The van der Waals surface area contributed by atoms with E-state index in [0.29, 0.717) is 6.54 Å². The minimum absolute atomic E-state index is 0.0131. The van der Waals surface area contributed by atoms with Gasteiger partial charge in [0.2, 0.25) is 0 Å². The van der Waals surface area contributed by atoms with Crippen LogP contribution in [0.1, 0.15) is 27.9 Å². The first-order chi connectivity index (χ1) is 13.7. The highest BCUT2D eigenvalue weighted by Crippen LogP contribution is 2.27. The third-order valence-electron chi connectivity index (χ3n) is 4.40. The number of thiophene rings is 1. The third-order valence-corrected chi connectivity index (χ3v) is 6.28. The smallest absolute Gasteiger partial charge is 0.252 e. The third kappa shape index (κ3) is 6.51. The Hall–Kier alpha value is -2.08. The van der Waals surface area contributed by atoms with Crippen LogP contribution in [0.5, 0.6) is 0 Å². The summed E-state index contributed by atoms with van der Waals surface area (Å²) in [6, 6.07) is 20.4. The summed E-state index contributed by atoms with van der Waals surface area (Å²) in [5, 5.41) is 7.32. The minimum Gasteiger partial charge on any atom is -0.352 e. The fourth-order valence-electron chi connectivity index (χ4n) is 2.94. The topological polar surface area (TPSA) is 32.3 Å². The predicted octanol–water partition coefficient (Wildman–Crippen LogP) is 5.29. The van der Waals surface area contributed by atoms with Crippen LogP contribution in [-0.2, 0) is 12.3 Å². The normalized spacial score (nSPS) is 10.9. The number of amides is 1. The molecule has 3 nitrogen and oxygen atoms in total. The van der Waals surface area contributed by atoms with E-state index in [1.165, 1.54) is 11.1 Å². The van der Waals surface area contributed by atoms with Crippen LogP contribution < -0.4 is 5.32 Å². The Balaban J connectivity index is 1.43. The van der Waals surface area contributed by atoms with Crippen molar-refractivity contribution >= 4 is 29.0 Å². The van der Waals surface area contributed by atoms with E-state index in [1.807, 2.05) is 30.3 Å². The van der Waals surface area contributed by atoms with E-state index >= 15 is 0 Å². The first kappa shape index (κ1) is 20.6. The zero-order chi connectivity index (χ0) is 19.6. The van der Waals surface area contributed by atoms with Gasteiger partial charge in [0.05, 0.1) is 5.56 Å². The molecule has 1 amide bonds. The summed E-state index contributed by atoms with van der Waals surface area (Å²) >= 11 is 3.42. The average Bonchev–Trinajstić information content (AvgIpc) is 3.24. The Kier molecular flexibility index (Phi) is 8.15. The van der Waals surface area contributed by atoms with Gasteiger partial charge in [-0.25, -0.2) is 0 Å². The molecule has 0 atom stereocenters. The van der Waals surface area contributed by atoms with Crippen LogP contribution in [0, 0.1) is 0 Å². The summed E-state index contributed by atoms with van der Waals surface area (Å²) in [5.74, 6) is 0.900. The van der Waals surface area contributed by atoms with E-state index in [-0.39, 0.29) is 5.91 Å². The lowest BCUT2D eigenvalue weighted by Gasteiger charge is -2.17.